The Labute approximate surface area is 70.4 Å². The van der Waals surface area contributed by atoms with Crippen LogP contribution >= 0.6 is 0 Å². The van der Waals surface area contributed by atoms with Gasteiger partial charge in [-0.2, -0.15) is 0 Å². The predicted octanol–water partition coefficient (Wildman–Crippen LogP) is 3.47. The minimum Gasteiger partial charge on any atom is -0.0622 e. The van der Waals surface area contributed by atoms with Crippen LogP contribution < -0.4 is 0 Å². The number of hydrogen-bond acceptors (Lipinski definition) is 0. The highest BCUT2D eigenvalue weighted by Gasteiger charge is 2.41. The number of hydrogen-bond donors (Lipinski definition) is 0. The summed E-state index contributed by atoms with van der Waals surface area (Å²) in [4.78, 5) is 0. The van der Waals surface area contributed by atoms with Crippen LogP contribution in [0.3, 0.4) is 0 Å². The van der Waals surface area contributed by atoms with E-state index in [1.165, 1.54) is 32.1 Å². The van der Waals surface area contributed by atoms with Crippen LogP contribution in [0.5, 0.6) is 0 Å². The third-order valence-corrected chi connectivity index (χ3v) is 4.10. The molecule has 0 aliphatic heterocycles. The maximum absolute atomic E-state index is 2.47. The van der Waals surface area contributed by atoms with Crippen LogP contribution in [0.15, 0.2) is 0 Å². The molecule has 0 nitrogen and oxygen atoms in total. The Hall–Kier alpha value is 0. The largest absolute Gasteiger partial charge is 0.0622 e. The first-order chi connectivity index (χ1) is 5.29. The normalized spacial score (nSPS) is 50.7. The molecule has 0 amide bonds. The van der Waals surface area contributed by atoms with Crippen LogP contribution in [0.25, 0.3) is 0 Å². The van der Waals surface area contributed by atoms with E-state index in [1.807, 2.05) is 0 Å². The summed E-state index contributed by atoms with van der Waals surface area (Å²) in [5.41, 5.74) is 0. The molecule has 0 N–H and O–H groups in total. The molecule has 4 atom stereocenters. The summed E-state index contributed by atoms with van der Waals surface area (Å²) in [5.74, 6) is 4.33. The zero-order valence-corrected chi connectivity index (χ0v) is 7.84. The Morgan fingerprint density at radius 3 is 2.27 bits per heavy atom. The maximum atomic E-state index is 2.47. The highest BCUT2D eigenvalue weighted by Crippen LogP contribution is 2.50. The monoisotopic (exact) mass is 152 g/mol. The minimum absolute atomic E-state index is 1.04. The average molecular weight is 152 g/mol. The lowest BCUT2D eigenvalue weighted by molar-refractivity contribution is 0.0433. The second kappa shape index (κ2) is 2.80. The molecule has 0 heteroatoms. The summed E-state index contributed by atoms with van der Waals surface area (Å²) in [6, 6.07) is 0. The van der Waals surface area contributed by atoms with Crippen molar-refractivity contribution in [2.75, 3.05) is 0 Å². The topological polar surface area (TPSA) is 0 Å². The van der Waals surface area contributed by atoms with Gasteiger partial charge in [-0.25, -0.2) is 0 Å². The van der Waals surface area contributed by atoms with E-state index in [4.69, 9.17) is 0 Å². The summed E-state index contributed by atoms with van der Waals surface area (Å²) in [5, 5.41) is 0. The zero-order chi connectivity index (χ0) is 7.84. The molecule has 0 saturated heterocycles. The first kappa shape index (κ1) is 7.64. The SMILES string of the molecule is CC1CC2C(C)CCCCC12. The Morgan fingerprint density at radius 2 is 1.55 bits per heavy atom. The molecule has 2 aliphatic carbocycles. The van der Waals surface area contributed by atoms with E-state index < -0.39 is 0 Å². The number of fused-ring (bicyclic) bond motifs is 1. The first-order valence-corrected chi connectivity index (χ1v) is 5.29. The summed E-state index contributed by atoms with van der Waals surface area (Å²) in [7, 11) is 0. The molecular formula is C11H20. The summed E-state index contributed by atoms with van der Waals surface area (Å²) in [6.45, 7) is 4.91. The van der Waals surface area contributed by atoms with Crippen molar-refractivity contribution >= 4 is 0 Å². The molecule has 0 aromatic heterocycles. The van der Waals surface area contributed by atoms with Crippen molar-refractivity contribution in [3.05, 3.63) is 0 Å². The molecule has 0 heterocycles. The molecule has 0 bridgehead atoms. The highest BCUT2D eigenvalue weighted by atomic mass is 14.5. The van der Waals surface area contributed by atoms with Crippen molar-refractivity contribution in [2.24, 2.45) is 23.7 Å². The third kappa shape index (κ3) is 1.21. The summed E-state index contributed by atoms with van der Waals surface area (Å²) in [6.07, 6.45) is 7.59. The predicted molar refractivity (Wildman–Crippen MR) is 48.4 cm³/mol. The lowest BCUT2D eigenvalue weighted by Crippen LogP contribution is -2.37. The van der Waals surface area contributed by atoms with Gasteiger partial charge in [-0.15, -0.1) is 0 Å². The second-order valence-electron chi connectivity index (χ2n) is 4.80. The van der Waals surface area contributed by atoms with Gasteiger partial charge in [0, 0.05) is 0 Å². The Balaban J connectivity index is 2.00. The van der Waals surface area contributed by atoms with Gasteiger partial charge in [-0.05, 0) is 36.5 Å². The van der Waals surface area contributed by atoms with Gasteiger partial charge in [0.25, 0.3) is 0 Å². The molecule has 2 fully saturated rings. The van der Waals surface area contributed by atoms with Crippen molar-refractivity contribution in [1.82, 2.24) is 0 Å². The van der Waals surface area contributed by atoms with Crippen LogP contribution in [0, 0.1) is 23.7 Å². The fourth-order valence-electron chi connectivity index (χ4n) is 3.22. The van der Waals surface area contributed by atoms with Crippen LogP contribution in [0.4, 0.5) is 0 Å². The molecule has 2 aliphatic rings. The van der Waals surface area contributed by atoms with Gasteiger partial charge < -0.3 is 0 Å². The van der Waals surface area contributed by atoms with E-state index in [-0.39, 0.29) is 0 Å². The second-order valence-corrected chi connectivity index (χ2v) is 4.80. The molecule has 11 heavy (non-hydrogen) atoms. The molecule has 4 unspecified atom stereocenters. The van der Waals surface area contributed by atoms with Crippen molar-refractivity contribution in [1.29, 1.82) is 0 Å². The lowest BCUT2D eigenvalue weighted by Gasteiger charge is -2.45. The molecular weight excluding hydrogens is 132 g/mol. The lowest BCUT2D eigenvalue weighted by atomic mass is 9.60. The Kier molecular flexibility index (Phi) is 1.95. The molecule has 0 aromatic carbocycles. The van der Waals surface area contributed by atoms with Crippen LogP contribution in [0.1, 0.15) is 46.0 Å². The van der Waals surface area contributed by atoms with Gasteiger partial charge >= 0.3 is 0 Å². The fourth-order valence-corrected chi connectivity index (χ4v) is 3.22. The third-order valence-electron chi connectivity index (χ3n) is 4.10. The molecule has 2 saturated carbocycles. The Morgan fingerprint density at radius 1 is 0.818 bits per heavy atom. The van der Waals surface area contributed by atoms with Gasteiger partial charge in [0.15, 0.2) is 0 Å². The van der Waals surface area contributed by atoms with Gasteiger partial charge in [0.1, 0.15) is 0 Å². The molecule has 64 valence electrons. The van der Waals surface area contributed by atoms with Crippen molar-refractivity contribution in [3.63, 3.8) is 0 Å². The van der Waals surface area contributed by atoms with Gasteiger partial charge in [-0.1, -0.05) is 33.1 Å². The van der Waals surface area contributed by atoms with E-state index in [0.29, 0.717) is 0 Å². The van der Waals surface area contributed by atoms with Crippen LogP contribution in [-0.4, -0.2) is 0 Å². The van der Waals surface area contributed by atoms with E-state index in [9.17, 15) is 0 Å². The smallest absolute Gasteiger partial charge is 0.0355 e. The minimum atomic E-state index is 1.04. The average Bonchev–Trinajstić information content (AvgIpc) is 2.11. The van der Waals surface area contributed by atoms with E-state index in [0.717, 1.165) is 23.7 Å². The van der Waals surface area contributed by atoms with E-state index >= 15 is 0 Å². The van der Waals surface area contributed by atoms with Crippen molar-refractivity contribution in [2.45, 2.75) is 46.0 Å². The molecule has 0 aromatic rings. The molecule has 2 rings (SSSR count). The van der Waals surface area contributed by atoms with Gasteiger partial charge in [0.2, 0.25) is 0 Å². The standard InChI is InChI=1S/C11H20/c1-8-5-3-4-6-10-9(2)7-11(8)10/h8-11H,3-7H2,1-2H3. The quantitative estimate of drug-likeness (QED) is 0.498. The molecule has 0 spiro atoms. The van der Waals surface area contributed by atoms with Crippen LogP contribution in [-0.2, 0) is 0 Å². The number of rotatable bonds is 0. The molecule has 0 radical (unpaired) electrons. The van der Waals surface area contributed by atoms with Gasteiger partial charge in [0.05, 0.1) is 0 Å². The van der Waals surface area contributed by atoms with E-state index in [1.54, 1.807) is 0 Å². The maximum Gasteiger partial charge on any atom is -0.0355 e. The summed E-state index contributed by atoms with van der Waals surface area (Å²) < 4.78 is 0. The zero-order valence-electron chi connectivity index (χ0n) is 7.84. The van der Waals surface area contributed by atoms with Crippen molar-refractivity contribution < 1.29 is 0 Å². The first-order valence-electron chi connectivity index (χ1n) is 5.29. The summed E-state index contributed by atoms with van der Waals surface area (Å²) >= 11 is 0. The van der Waals surface area contributed by atoms with Crippen LogP contribution in [0.2, 0.25) is 0 Å². The van der Waals surface area contributed by atoms with Gasteiger partial charge in [-0.3, -0.25) is 0 Å². The van der Waals surface area contributed by atoms with Crippen molar-refractivity contribution in [3.8, 4) is 0 Å². The van der Waals surface area contributed by atoms with E-state index in [2.05, 4.69) is 13.8 Å². The highest BCUT2D eigenvalue weighted by molar-refractivity contribution is 4.90. The fraction of sp³-hybridized carbons (Fsp3) is 1.00. The Bertz CT molecular complexity index is 139.